The number of rotatable bonds is 5. The molecule has 2 aromatic carbocycles. The Labute approximate surface area is 135 Å². The lowest BCUT2D eigenvalue weighted by Crippen LogP contribution is -2.30. The Morgan fingerprint density at radius 2 is 1.96 bits per heavy atom. The molecule has 0 aromatic heterocycles. The molecule has 0 spiro atoms. The van der Waals surface area contributed by atoms with Crippen LogP contribution in [0.1, 0.15) is 5.56 Å². The van der Waals surface area contributed by atoms with Crippen molar-refractivity contribution in [3.05, 3.63) is 59.7 Å². The van der Waals surface area contributed by atoms with E-state index >= 15 is 0 Å². The molecule has 1 atom stereocenters. The molecule has 122 valence electrons. The molecular formula is C16H16F2N2O2S. The summed E-state index contributed by atoms with van der Waals surface area (Å²) in [4.78, 5) is 11.8. The molecule has 2 rings (SSSR count). The van der Waals surface area contributed by atoms with Crippen LogP contribution in [0.3, 0.4) is 0 Å². The zero-order valence-electron chi connectivity index (χ0n) is 12.4. The molecule has 0 aliphatic heterocycles. The molecule has 23 heavy (non-hydrogen) atoms. The molecule has 2 amide bonds. The number of hydrogen-bond donors (Lipinski definition) is 2. The molecule has 7 heteroatoms. The predicted octanol–water partition coefficient (Wildman–Crippen LogP) is 3.07. The average Bonchev–Trinajstić information content (AvgIpc) is 2.47. The van der Waals surface area contributed by atoms with E-state index < -0.39 is 22.6 Å². The third kappa shape index (κ3) is 5.14. The highest BCUT2D eigenvalue weighted by Gasteiger charge is 2.08. The summed E-state index contributed by atoms with van der Waals surface area (Å²) in [5.41, 5.74) is 1.03. The van der Waals surface area contributed by atoms with Gasteiger partial charge in [0.2, 0.25) is 0 Å². The lowest BCUT2D eigenvalue weighted by Gasteiger charge is -2.09. The van der Waals surface area contributed by atoms with Crippen LogP contribution < -0.4 is 10.6 Å². The van der Waals surface area contributed by atoms with Gasteiger partial charge in [-0.15, -0.1) is 0 Å². The third-order valence-electron chi connectivity index (χ3n) is 3.09. The standard InChI is InChI=1S/C16H16F2N2O2S/c1-23(22)15-6-5-13(10-14(15)18)20-16(21)19-8-7-11-3-2-4-12(17)9-11/h2-6,9-10H,7-8H2,1H3,(H2,19,20,21)/t23-/m1/s1. The van der Waals surface area contributed by atoms with Crippen LogP contribution in [0.2, 0.25) is 0 Å². The van der Waals surface area contributed by atoms with Crippen molar-refractivity contribution < 1.29 is 17.8 Å². The summed E-state index contributed by atoms with van der Waals surface area (Å²) in [7, 11) is -1.42. The van der Waals surface area contributed by atoms with Crippen LogP contribution in [0, 0.1) is 11.6 Å². The highest BCUT2D eigenvalue weighted by atomic mass is 32.2. The van der Waals surface area contributed by atoms with Crippen LogP contribution >= 0.6 is 0 Å². The largest absolute Gasteiger partial charge is 0.338 e. The summed E-state index contributed by atoms with van der Waals surface area (Å²) in [6.45, 7) is 0.314. The normalized spacial score (nSPS) is 11.8. The molecule has 0 saturated carbocycles. The molecule has 0 bridgehead atoms. The Balaban J connectivity index is 1.85. The van der Waals surface area contributed by atoms with Gasteiger partial charge in [-0.25, -0.2) is 13.6 Å². The van der Waals surface area contributed by atoms with Crippen molar-refractivity contribution >= 4 is 22.5 Å². The summed E-state index contributed by atoms with van der Waals surface area (Å²) < 4.78 is 37.9. The van der Waals surface area contributed by atoms with Gasteiger partial charge >= 0.3 is 6.03 Å². The van der Waals surface area contributed by atoms with Gasteiger partial charge < -0.3 is 10.6 Å². The van der Waals surface area contributed by atoms with E-state index in [-0.39, 0.29) is 16.4 Å². The van der Waals surface area contributed by atoms with Crippen LogP contribution in [0.5, 0.6) is 0 Å². The number of carbonyl (C=O) groups is 1. The van der Waals surface area contributed by atoms with Gasteiger partial charge in [0.1, 0.15) is 11.6 Å². The second-order valence-electron chi connectivity index (χ2n) is 4.86. The topological polar surface area (TPSA) is 58.2 Å². The zero-order valence-corrected chi connectivity index (χ0v) is 13.3. The van der Waals surface area contributed by atoms with E-state index in [2.05, 4.69) is 10.6 Å². The molecule has 0 heterocycles. The molecule has 2 aromatic rings. The average molecular weight is 338 g/mol. The maximum Gasteiger partial charge on any atom is 0.319 e. The minimum absolute atomic E-state index is 0.0852. The lowest BCUT2D eigenvalue weighted by atomic mass is 10.1. The van der Waals surface area contributed by atoms with Gasteiger partial charge in [0.15, 0.2) is 0 Å². The van der Waals surface area contributed by atoms with E-state index in [0.717, 1.165) is 11.6 Å². The van der Waals surface area contributed by atoms with Crippen molar-refractivity contribution in [1.82, 2.24) is 5.32 Å². The minimum Gasteiger partial charge on any atom is -0.338 e. The lowest BCUT2D eigenvalue weighted by molar-refractivity contribution is 0.252. The van der Waals surface area contributed by atoms with Crippen molar-refractivity contribution in [3.8, 4) is 0 Å². The first-order valence-electron chi connectivity index (χ1n) is 6.88. The van der Waals surface area contributed by atoms with Gasteiger partial charge in [0.05, 0.1) is 15.7 Å². The number of urea groups is 1. The Bertz CT molecular complexity index is 738. The van der Waals surface area contributed by atoms with Crippen LogP contribution in [0.15, 0.2) is 47.4 Å². The van der Waals surface area contributed by atoms with E-state index in [1.54, 1.807) is 12.1 Å². The second kappa shape index (κ2) is 7.82. The molecule has 0 aliphatic rings. The number of nitrogens with one attached hydrogen (secondary N) is 2. The fourth-order valence-corrected chi connectivity index (χ4v) is 2.59. The van der Waals surface area contributed by atoms with Crippen LogP contribution in [-0.2, 0) is 17.2 Å². The first kappa shape index (κ1) is 17.1. The van der Waals surface area contributed by atoms with E-state index in [4.69, 9.17) is 0 Å². The molecular weight excluding hydrogens is 322 g/mol. The minimum atomic E-state index is -1.42. The summed E-state index contributed by atoms with van der Waals surface area (Å²) in [6.07, 6.45) is 1.86. The van der Waals surface area contributed by atoms with Crippen molar-refractivity contribution in [1.29, 1.82) is 0 Å². The molecule has 0 unspecified atom stereocenters. The third-order valence-corrected chi connectivity index (χ3v) is 4.04. The van der Waals surface area contributed by atoms with Gasteiger partial charge in [-0.3, -0.25) is 4.21 Å². The van der Waals surface area contributed by atoms with Gasteiger partial charge in [0.25, 0.3) is 0 Å². The predicted molar refractivity (Wildman–Crippen MR) is 85.9 cm³/mol. The molecule has 0 radical (unpaired) electrons. The van der Waals surface area contributed by atoms with E-state index in [0.29, 0.717) is 13.0 Å². The van der Waals surface area contributed by atoms with Gasteiger partial charge in [0, 0.05) is 18.5 Å². The van der Waals surface area contributed by atoms with Crippen molar-refractivity contribution in [2.75, 3.05) is 18.1 Å². The number of hydrogen-bond acceptors (Lipinski definition) is 2. The number of benzene rings is 2. The number of carbonyl (C=O) groups excluding carboxylic acids is 1. The van der Waals surface area contributed by atoms with E-state index in [1.807, 2.05) is 0 Å². The molecule has 2 N–H and O–H groups in total. The fraction of sp³-hybridized carbons (Fsp3) is 0.188. The Morgan fingerprint density at radius 3 is 2.61 bits per heavy atom. The van der Waals surface area contributed by atoms with Crippen molar-refractivity contribution in [2.24, 2.45) is 0 Å². The maximum absolute atomic E-state index is 13.7. The second-order valence-corrected chi connectivity index (χ2v) is 6.21. The quantitative estimate of drug-likeness (QED) is 0.880. The van der Waals surface area contributed by atoms with Gasteiger partial charge in [-0.05, 0) is 42.3 Å². The van der Waals surface area contributed by atoms with E-state index in [1.165, 1.54) is 30.5 Å². The highest BCUT2D eigenvalue weighted by molar-refractivity contribution is 7.84. The monoisotopic (exact) mass is 338 g/mol. The van der Waals surface area contributed by atoms with Crippen LogP contribution in [0.4, 0.5) is 19.3 Å². The van der Waals surface area contributed by atoms with Crippen LogP contribution in [0.25, 0.3) is 0 Å². The van der Waals surface area contributed by atoms with Crippen molar-refractivity contribution in [2.45, 2.75) is 11.3 Å². The number of amides is 2. The number of anilines is 1. The Kier molecular flexibility index (Phi) is 5.81. The zero-order chi connectivity index (χ0) is 16.8. The Hall–Kier alpha value is -2.28. The van der Waals surface area contributed by atoms with Crippen LogP contribution in [-0.4, -0.2) is 23.0 Å². The molecule has 0 saturated heterocycles. The van der Waals surface area contributed by atoms with Gasteiger partial charge in [-0.2, -0.15) is 0 Å². The summed E-state index contributed by atoms with van der Waals surface area (Å²) in [5.74, 6) is -0.959. The Morgan fingerprint density at radius 1 is 1.17 bits per heavy atom. The highest BCUT2D eigenvalue weighted by Crippen LogP contribution is 2.16. The maximum atomic E-state index is 13.7. The molecule has 0 aliphatic carbocycles. The van der Waals surface area contributed by atoms with E-state index in [9.17, 15) is 17.8 Å². The van der Waals surface area contributed by atoms with Gasteiger partial charge in [-0.1, -0.05) is 12.1 Å². The summed E-state index contributed by atoms with van der Waals surface area (Å²) in [5, 5.41) is 5.08. The molecule has 0 fully saturated rings. The first-order valence-corrected chi connectivity index (χ1v) is 8.44. The molecule has 4 nitrogen and oxygen atoms in total. The SMILES string of the molecule is C[S@@](=O)c1ccc(NC(=O)NCCc2cccc(F)c2)cc1F. The summed E-state index contributed by atoms with van der Waals surface area (Å²) in [6, 6.07) is 9.59. The summed E-state index contributed by atoms with van der Waals surface area (Å²) >= 11 is 0. The van der Waals surface area contributed by atoms with Crippen molar-refractivity contribution in [3.63, 3.8) is 0 Å². The first-order chi connectivity index (χ1) is 11.0. The fourth-order valence-electron chi connectivity index (χ4n) is 2.00. The smallest absolute Gasteiger partial charge is 0.319 e. The number of halogens is 2.